The fraction of sp³-hybridized carbons (Fsp3) is 0.235. The molecule has 0 aliphatic carbocycles. The third kappa shape index (κ3) is 4.46. The van der Waals surface area contributed by atoms with E-state index < -0.39 is 0 Å². The number of aliphatic hydroxyl groups excluding tert-OH is 1. The predicted octanol–water partition coefficient (Wildman–Crippen LogP) is 3.14. The molecule has 0 saturated carbocycles. The molecule has 5 nitrogen and oxygen atoms in total. The summed E-state index contributed by atoms with van der Waals surface area (Å²) in [6, 6.07) is 10.6. The van der Waals surface area contributed by atoms with E-state index >= 15 is 0 Å². The van der Waals surface area contributed by atoms with Gasteiger partial charge in [-0.2, -0.15) is 0 Å². The van der Waals surface area contributed by atoms with Crippen molar-refractivity contribution < 1.29 is 19.4 Å². The highest BCUT2D eigenvalue weighted by Crippen LogP contribution is 2.33. The van der Waals surface area contributed by atoms with Crippen LogP contribution in [0.1, 0.15) is 11.1 Å². The highest BCUT2D eigenvalue weighted by atomic mass is 79.9. The first kappa shape index (κ1) is 17.3. The number of carbonyl (C=O) groups excluding carboxylic acids is 1. The minimum absolute atomic E-state index is 0.0645. The number of amides is 1. The zero-order valence-electron chi connectivity index (χ0n) is 12.9. The van der Waals surface area contributed by atoms with E-state index in [0.29, 0.717) is 17.2 Å². The van der Waals surface area contributed by atoms with Gasteiger partial charge in [-0.05, 0) is 35.4 Å². The van der Waals surface area contributed by atoms with Gasteiger partial charge in [0.1, 0.15) is 0 Å². The van der Waals surface area contributed by atoms with E-state index in [0.717, 1.165) is 15.6 Å². The number of aliphatic hydroxyl groups is 1. The lowest BCUT2D eigenvalue weighted by Crippen LogP contribution is -2.15. The van der Waals surface area contributed by atoms with E-state index in [-0.39, 0.29) is 18.9 Å². The number of anilines is 1. The van der Waals surface area contributed by atoms with Crippen molar-refractivity contribution in [1.29, 1.82) is 0 Å². The van der Waals surface area contributed by atoms with Crippen LogP contribution < -0.4 is 14.8 Å². The Balaban J connectivity index is 2.13. The summed E-state index contributed by atoms with van der Waals surface area (Å²) in [6.07, 6.45) is 0.185. The molecule has 2 aromatic carbocycles. The van der Waals surface area contributed by atoms with Gasteiger partial charge >= 0.3 is 0 Å². The van der Waals surface area contributed by atoms with Crippen LogP contribution in [0.3, 0.4) is 0 Å². The Kier molecular flexibility index (Phi) is 6.01. The van der Waals surface area contributed by atoms with Gasteiger partial charge in [0.05, 0.1) is 27.2 Å². The molecule has 0 spiro atoms. The van der Waals surface area contributed by atoms with Gasteiger partial charge in [0.2, 0.25) is 5.91 Å². The van der Waals surface area contributed by atoms with Gasteiger partial charge in [0, 0.05) is 10.2 Å². The van der Waals surface area contributed by atoms with Crippen LogP contribution in [-0.4, -0.2) is 25.2 Å². The quantitative estimate of drug-likeness (QED) is 0.808. The molecule has 0 aliphatic heterocycles. The molecule has 0 atom stereocenters. The van der Waals surface area contributed by atoms with Crippen LogP contribution >= 0.6 is 15.9 Å². The summed E-state index contributed by atoms with van der Waals surface area (Å²) in [5.41, 5.74) is 2.19. The van der Waals surface area contributed by atoms with Crippen molar-refractivity contribution in [1.82, 2.24) is 0 Å². The standard InChI is InChI=1S/C17H18BrNO4/c1-22-15-7-12(14(18)9-16(15)23-2)8-17(21)19-13-5-3-4-11(6-13)10-20/h3-7,9,20H,8,10H2,1-2H3,(H,19,21). The first-order valence-electron chi connectivity index (χ1n) is 6.97. The SMILES string of the molecule is COc1cc(Br)c(CC(=O)Nc2cccc(CO)c2)cc1OC. The van der Waals surface area contributed by atoms with Crippen LogP contribution in [0, 0.1) is 0 Å². The van der Waals surface area contributed by atoms with Crippen LogP contribution in [0.2, 0.25) is 0 Å². The van der Waals surface area contributed by atoms with Crippen LogP contribution in [-0.2, 0) is 17.8 Å². The van der Waals surface area contributed by atoms with Gasteiger partial charge < -0.3 is 19.9 Å². The van der Waals surface area contributed by atoms with E-state index in [1.54, 1.807) is 50.6 Å². The summed E-state index contributed by atoms with van der Waals surface area (Å²) in [4.78, 5) is 12.2. The van der Waals surface area contributed by atoms with Crippen LogP contribution in [0.5, 0.6) is 11.5 Å². The van der Waals surface area contributed by atoms with E-state index in [4.69, 9.17) is 14.6 Å². The summed E-state index contributed by atoms with van der Waals surface area (Å²) < 4.78 is 11.2. The Hall–Kier alpha value is -2.05. The molecular weight excluding hydrogens is 362 g/mol. The molecule has 0 bridgehead atoms. The van der Waals surface area contributed by atoms with Crippen molar-refractivity contribution in [3.8, 4) is 11.5 Å². The number of hydrogen-bond donors (Lipinski definition) is 2. The Morgan fingerprint density at radius 1 is 1.17 bits per heavy atom. The largest absolute Gasteiger partial charge is 0.493 e. The van der Waals surface area contributed by atoms with Crippen molar-refractivity contribution in [3.05, 3.63) is 52.0 Å². The highest BCUT2D eigenvalue weighted by Gasteiger charge is 2.13. The number of halogens is 1. The summed E-state index contributed by atoms with van der Waals surface area (Å²) >= 11 is 3.44. The summed E-state index contributed by atoms with van der Waals surface area (Å²) in [7, 11) is 3.11. The lowest BCUT2D eigenvalue weighted by Gasteiger charge is -2.12. The Morgan fingerprint density at radius 2 is 1.87 bits per heavy atom. The topological polar surface area (TPSA) is 67.8 Å². The maximum absolute atomic E-state index is 12.2. The van der Waals surface area contributed by atoms with Crippen LogP contribution in [0.4, 0.5) is 5.69 Å². The Bertz CT molecular complexity index is 703. The third-order valence-electron chi connectivity index (χ3n) is 3.30. The van der Waals surface area contributed by atoms with Gasteiger partial charge in [0.25, 0.3) is 0 Å². The molecule has 2 N–H and O–H groups in total. The van der Waals surface area contributed by atoms with Gasteiger partial charge in [-0.3, -0.25) is 4.79 Å². The average Bonchev–Trinajstić information content (AvgIpc) is 2.56. The van der Waals surface area contributed by atoms with Gasteiger partial charge in [0.15, 0.2) is 11.5 Å². The number of benzene rings is 2. The van der Waals surface area contributed by atoms with Crippen LogP contribution in [0.25, 0.3) is 0 Å². The molecule has 2 rings (SSSR count). The monoisotopic (exact) mass is 379 g/mol. The molecule has 2 aromatic rings. The maximum Gasteiger partial charge on any atom is 0.228 e. The Labute approximate surface area is 143 Å². The molecule has 23 heavy (non-hydrogen) atoms. The number of carbonyl (C=O) groups is 1. The fourth-order valence-corrected chi connectivity index (χ4v) is 2.62. The van der Waals surface area contributed by atoms with Crippen molar-refractivity contribution in [2.24, 2.45) is 0 Å². The maximum atomic E-state index is 12.2. The molecule has 122 valence electrons. The average molecular weight is 380 g/mol. The smallest absolute Gasteiger partial charge is 0.228 e. The van der Waals surface area contributed by atoms with Gasteiger partial charge in [-0.15, -0.1) is 0 Å². The molecule has 0 radical (unpaired) electrons. The molecule has 0 heterocycles. The highest BCUT2D eigenvalue weighted by molar-refractivity contribution is 9.10. The second-order valence-corrected chi connectivity index (χ2v) is 5.74. The minimum atomic E-state index is -0.159. The molecule has 0 aromatic heterocycles. The summed E-state index contributed by atoms with van der Waals surface area (Å²) in [5.74, 6) is 1.01. The normalized spacial score (nSPS) is 10.3. The third-order valence-corrected chi connectivity index (χ3v) is 4.04. The Morgan fingerprint density at radius 3 is 2.52 bits per heavy atom. The zero-order valence-corrected chi connectivity index (χ0v) is 14.5. The molecular formula is C17H18BrNO4. The minimum Gasteiger partial charge on any atom is -0.493 e. The molecule has 1 amide bonds. The van der Waals surface area contributed by atoms with Crippen molar-refractivity contribution in [2.75, 3.05) is 19.5 Å². The van der Waals surface area contributed by atoms with Gasteiger partial charge in [-0.25, -0.2) is 0 Å². The first-order chi connectivity index (χ1) is 11.1. The van der Waals surface area contributed by atoms with E-state index in [1.807, 2.05) is 0 Å². The number of nitrogens with one attached hydrogen (secondary N) is 1. The zero-order chi connectivity index (χ0) is 16.8. The second-order valence-electron chi connectivity index (χ2n) is 4.88. The number of ether oxygens (including phenoxy) is 2. The predicted molar refractivity (Wildman–Crippen MR) is 91.9 cm³/mol. The summed E-state index contributed by atoms with van der Waals surface area (Å²) in [5, 5.41) is 11.9. The van der Waals surface area contributed by atoms with Gasteiger partial charge in [-0.1, -0.05) is 28.1 Å². The van der Waals surface area contributed by atoms with Crippen molar-refractivity contribution >= 4 is 27.5 Å². The molecule has 0 aliphatic rings. The molecule has 0 saturated heterocycles. The molecule has 0 unspecified atom stereocenters. The lowest BCUT2D eigenvalue weighted by molar-refractivity contribution is -0.115. The summed E-state index contributed by atoms with van der Waals surface area (Å²) in [6.45, 7) is -0.0645. The fourth-order valence-electron chi connectivity index (χ4n) is 2.16. The van der Waals surface area contributed by atoms with Crippen molar-refractivity contribution in [2.45, 2.75) is 13.0 Å². The first-order valence-corrected chi connectivity index (χ1v) is 7.76. The number of rotatable bonds is 6. The number of hydrogen-bond acceptors (Lipinski definition) is 4. The molecule has 0 fully saturated rings. The van der Waals surface area contributed by atoms with Crippen LogP contribution in [0.15, 0.2) is 40.9 Å². The van der Waals surface area contributed by atoms with E-state index in [2.05, 4.69) is 21.2 Å². The lowest BCUT2D eigenvalue weighted by atomic mass is 10.1. The van der Waals surface area contributed by atoms with E-state index in [9.17, 15) is 4.79 Å². The second kappa shape index (κ2) is 7.99. The number of methoxy groups -OCH3 is 2. The van der Waals surface area contributed by atoms with E-state index in [1.165, 1.54) is 0 Å². The molecule has 6 heteroatoms. The van der Waals surface area contributed by atoms with Crippen molar-refractivity contribution in [3.63, 3.8) is 0 Å².